The molecule has 1 saturated carbocycles. The van der Waals surface area contributed by atoms with Gasteiger partial charge in [0.05, 0.1) is 24.2 Å². The van der Waals surface area contributed by atoms with Gasteiger partial charge in [-0.05, 0) is 37.1 Å². The molecule has 2 heterocycles. The van der Waals surface area contributed by atoms with E-state index in [1.54, 1.807) is 11.7 Å². The first-order valence-corrected chi connectivity index (χ1v) is 12.8. The molecule has 1 aromatic heterocycles. The number of sulfone groups is 1. The molecular formula is C22H27F3N6O4S. The summed E-state index contributed by atoms with van der Waals surface area (Å²) in [5, 5.41) is 7.34. The Morgan fingerprint density at radius 3 is 2.44 bits per heavy atom. The van der Waals surface area contributed by atoms with Crippen LogP contribution in [0.5, 0.6) is 0 Å². The van der Waals surface area contributed by atoms with Crippen molar-refractivity contribution in [2.45, 2.75) is 41.7 Å². The lowest BCUT2D eigenvalue weighted by Gasteiger charge is -2.39. The molecule has 14 heteroatoms. The highest BCUT2D eigenvalue weighted by Gasteiger charge is 2.46. The highest BCUT2D eigenvalue weighted by Crippen LogP contribution is 2.33. The van der Waals surface area contributed by atoms with Gasteiger partial charge in [-0.2, -0.15) is 18.3 Å². The van der Waals surface area contributed by atoms with Crippen molar-refractivity contribution in [3.8, 4) is 0 Å². The van der Waals surface area contributed by atoms with Crippen LogP contribution in [-0.4, -0.2) is 79.6 Å². The third-order valence-electron chi connectivity index (χ3n) is 6.50. The van der Waals surface area contributed by atoms with E-state index >= 15 is 0 Å². The van der Waals surface area contributed by atoms with Gasteiger partial charge in [-0.1, -0.05) is 0 Å². The van der Waals surface area contributed by atoms with E-state index in [2.05, 4.69) is 20.3 Å². The average molecular weight is 529 g/mol. The number of rotatable bonds is 6. The second-order valence-corrected chi connectivity index (χ2v) is 10.6. The Morgan fingerprint density at radius 2 is 1.86 bits per heavy atom. The van der Waals surface area contributed by atoms with E-state index in [4.69, 9.17) is 10.5 Å². The van der Waals surface area contributed by atoms with Crippen molar-refractivity contribution >= 4 is 33.0 Å². The Bertz CT molecular complexity index is 1240. The maximum absolute atomic E-state index is 12.8. The molecule has 10 nitrogen and oxygen atoms in total. The number of nitrogens with zero attached hydrogens (tertiary/aromatic N) is 4. The predicted molar refractivity (Wildman–Crippen MR) is 126 cm³/mol. The summed E-state index contributed by atoms with van der Waals surface area (Å²) in [6.07, 6.45) is 3.94. The van der Waals surface area contributed by atoms with Crippen molar-refractivity contribution in [1.82, 2.24) is 14.7 Å². The highest BCUT2D eigenvalue weighted by molar-refractivity contribution is 7.92. The molecule has 1 aromatic carbocycles. The molecule has 2 fully saturated rings. The molecule has 0 bridgehead atoms. The van der Waals surface area contributed by atoms with Crippen molar-refractivity contribution < 1.29 is 31.1 Å². The van der Waals surface area contributed by atoms with Gasteiger partial charge in [0, 0.05) is 50.2 Å². The third kappa shape index (κ3) is 5.25. The number of nitrogens with two attached hydrogens (primary N) is 1. The standard InChI is InChI=1S/C22H27F3N6O4S/c1-27-18-12-15(30-8-10-35-11-9-30)4-7-19(18)31-13-17(20(26)32)21(29-31)28-14-2-5-16(6-3-14)36(33,34)22(23,24)25/h2-3,5-6,13,15,19H,4,7-12H2,1H3,(H2,26,32)(H,28,29)/t15-,19-/m0/s1. The number of halogens is 3. The smallest absolute Gasteiger partial charge is 0.379 e. The fourth-order valence-corrected chi connectivity index (χ4v) is 5.35. The van der Waals surface area contributed by atoms with E-state index in [9.17, 15) is 26.4 Å². The second kappa shape index (κ2) is 10.2. The van der Waals surface area contributed by atoms with E-state index in [-0.39, 0.29) is 23.1 Å². The molecule has 196 valence electrons. The lowest BCUT2D eigenvalue weighted by atomic mass is 9.88. The number of carbonyl (C=O) groups excluding carboxylic acids is 1. The second-order valence-electron chi connectivity index (χ2n) is 8.65. The van der Waals surface area contributed by atoms with E-state index in [0.717, 1.165) is 62.3 Å². The summed E-state index contributed by atoms with van der Waals surface area (Å²) in [6, 6.07) is 4.16. The van der Waals surface area contributed by atoms with Crippen LogP contribution in [0.15, 0.2) is 40.4 Å². The number of hydrogen-bond acceptors (Lipinski definition) is 8. The minimum absolute atomic E-state index is 0.0905. The Morgan fingerprint density at radius 1 is 1.19 bits per heavy atom. The van der Waals surface area contributed by atoms with E-state index in [1.807, 2.05) is 0 Å². The molecular weight excluding hydrogens is 501 g/mol. The SMILES string of the molecule is CN=C1C[C@@H](N2CCOCC2)CC[C@@H]1n1cc(C(N)=O)c(Nc2ccc(S(=O)(=O)C(F)(F)F)cc2)n1. The van der Waals surface area contributed by atoms with Crippen LogP contribution < -0.4 is 11.1 Å². The zero-order chi connectivity index (χ0) is 26.1. The largest absolute Gasteiger partial charge is 0.501 e. The fourth-order valence-electron chi connectivity index (χ4n) is 4.59. The molecule has 2 aromatic rings. The van der Waals surface area contributed by atoms with Gasteiger partial charge in [0.15, 0.2) is 5.82 Å². The molecule has 2 atom stereocenters. The van der Waals surface area contributed by atoms with Crippen LogP contribution >= 0.6 is 0 Å². The normalized spacial score (nSPS) is 23.1. The molecule has 0 spiro atoms. The molecule has 1 saturated heterocycles. The summed E-state index contributed by atoms with van der Waals surface area (Å²) < 4.78 is 68.6. The summed E-state index contributed by atoms with van der Waals surface area (Å²) in [4.78, 5) is 18.1. The first kappa shape index (κ1) is 26.1. The Kier molecular flexibility index (Phi) is 7.38. The van der Waals surface area contributed by atoms with Crippen molar-refractivity contribution in [3.63, 3.8) is 0 Å². The summed E-state index contributed by atoms with van der Waals surface area (Å²) in [6.45, 7) is 3.16. The molecule has 3 N–H and O–H groups in total. The molecule has 1 amide bonds. The number of amides is 1. The van der Waals surface area contributed by atoms with Gasteiger partial charge in [-0.3, -0.25) is 19.4 Å². The molecule has 1 aliphatic carbocycles. The van der Waals surface area contributed by atoms with Crippen LogP contribution in [0.1, 0.15) is 35.7 Å². The molecule has 2 aliphatic rings. The Balaban J connectivity index is 1.54. The van der Waals surface area contributed by atoms with Gasteiger partial charge in [0.25, 0.3) is 15.7 Å². The van der Waals surface area contributed by atoms with Gasteiger partial charge < -0.3 is 15.8 Å². The summed E-state index contributed by atoms with van der Waals surface area (Å²) in [5.41, 5.74) is 1.40. The molecule has 36 heavy (non-hydrogen) atoms. The monoisotopic (exact) mass is 528 g/mol. The van der Waals surface area contributed by atoms with Crippen molar-refractivity contribution in [1.29, 1.82) is 0 Å². The highest BCUT2D eigenvalue weighted by atomic mass is 32.2. The van der Waals surface area contributed by atoms with E-state index in [0.29, 0.717) is 19.3 Å². The van der Waals surface area contributed by atoms with Gasteiger partial charge in [0.1, 0.15) is 5.56 Å². The quantitative estimate of drug-likeness (QED) is 0.589. The maximum atomic E-state index is 12.8. The zero-order valence-corrected chi connectivity index (χ0v) is 20.3. The number of benzene rings is 1. The van der Waals surface area contributed by atoms with Crippen LogP contribution in [0.3, 0.4) is 0 Å². The first-order valence-electron chi connectivity index (χ1n) is 11.4. The lowest BCUT2D eigenvalue weighted by molar-refractivity contribution is -0.0436. The Hall–Kier alpha value is -2.97. The number of carbonyl (C=O) groups is 1. The van der Waals surface area contributed by atoms with Crippen molar-refractivity contribution in [3.05, 3.63) is 36.0 Å². The van der Waals surface area contributed by atoms with Gasteiger partial charge in [-0.15, -0.1) is 0 Å². The number of morpholine rings is 1. The van der Waals surface area contributed by atoms with Crippen LogP contribution in [0.25, 0.3) is 0 Å². The summed E-state index contributed by atoms with van der Waals surface area (Å²) >= 11 is 0. The van der Waals surface area contributed by atoms with Crippen LogP contribution in [0, 0.1) is 0 Å². The minimum atomic E-state index is -5.47. The number of ether oxygens (including phenoxy) is 1. The number of nitrogens with one attached hydrogen (secondary N) is 1. The maximum Gasteiger partial charge on any atom is 0.501 e. The molecule has 1 aliphatic heterocycles. The molecule has 4 rings (SSSR count). The summed E-state index contributed by atoms with van der Waals surface area (Å²) in [7, 11) is -3.74. The average Bonchev–Trinajstić information content (AvgIpc) is 3.27. The van der Waals surface area contributed by atoms with Gasteiger partial charge in [0.2, 0.25) is 0 Å². The fraction of sp³-hybridized carbons (Fsp3) is 0.500. The van der Waals surface area contributed by atoms with Crippen molar-refractivity contribution in [2.24, 2.45) is 10.7 Å². The van der Waals surface area contributed by atoms with Gasteiger partial charge in [-0.25, -0.2) is 8.42 Å². The van der Waals surface area contributed by atoms with E-state index in [1.165, 1.54) is 6.20 Å². The molecule has 0 radical (unpaired) electrons. The number of aliphatic imine (C=N–C) groups is 1. The Labute approximate surface area is 206 Å². The lowest BCUT2D eigenvalue weighted by Crippen LogP contribution is -2.47. The topological polar surface area (TPSA) is 132 Å². The first-order chi connectivity index (χ1) is 17.0. The third-order valence-corrected chi connectivity index (χ3v) is 8.00. The van der Waals surface area contributed by atoms with Gasteiger partial charge >= 0.3 is 5.51 Å². The number of primary amides is 1. The van der Waals surface area contributed by atoms with Crippen LogP contribution in [0.2, 0.25) is 0 Å². The number of anilines is 2. The van der Waals surface area contributed by atoms with Crippen LogP contribution in [0.4, 0.5) is 24.7 Å². The van der Waals surface area contributed by atoms with Crippen molar-refractivity contribution in [2.75, 3.05) is 38.7 Å². The number of alkyl halides is 3. The van der Waals surface area contributed by atoms with Crippen LogP contribution in [-0.2, 0) is 14.6 Å². The predicted octanol–water partition coefficient (Wildman–Crippen LogP) is 2.52. The number of hydrogen-bond donors (Lipinski definition) is 2. The van der Waals surface area contributed by atoms with E-state index < -0.39 is 26.1 Å². The number of aromatic nitrogens is 2. The zero-order valence-electron chi connectivity index (χ0n) is 19.5. The minimum Gasteiger partial charge on any atom is -0.379 e. The molecule has 0 unspecified atom stereocenters. The summed E-state index contributed by atoms with van der Waals surface area (Å²) in [5.74, 6) is -0.628.